The fourth-order valence-electron chi connectivity index (χ4n) is 1.97. The molecule has 20 heavy (non-hydrogen) atoms. The summed E-state index contributed by atoms with van der Waals surface area (Å²) in [5.41, 5.74) is 4.88. The normalized spacial score (nSPS) is 13.2. The zero-order valence-corrected chi connectivity index (χ0v) is 11.7. The number of hydrogen-bond acceptors (Lipinski definition) is 3. The van der Waals surface area contributed by atoms with Crippen LogP contribution in [-0.2, 0) is 12.6 Å². The van der Waals surface area contributed by atoms with Crippen LogP contribution in [0.3, 0.4) is 0 Å². The molecule has 2 nitrogen and oxygen atoms in total. The van der Waals surface area contributed by atoms with Gasteiger partial charge in [-0.15, -0.1) is 11.3 Å². The van der Waals surface area contributed by atoms with Crippen molar-refractivity contribution in [3.63, 3.8) is 0 Å². The summed E-state index contributed by atoms with van der Waals surface area (Å²) >= 11 is 1.59. The minimum Gasteiger partial charge on any atom is -0.399 e. The van der Waals surface area contributed by atoms with Crippen LogP contribution >= 0.6 is 11.3 Å². The highest BCUT2D eigenvalue weighted by molar-refractivity contribution is 7.09. The largest absolute Gasteiger partial charge is 0.418 e. The number of rotatable bonds is 4. The molecule has 2 rings (SSSR count). The molecule has 1 aromatic heterocycles. The maximum Gasteiger partial charge on any atom is 0.418 e. The van der Waals surface area contributed by atoms with Crippen LogP contribution in [0.25, 0.3) is 0 Å². The lowest BCUT2D eigenvalue weighted by atomic mass is 10.1. The van der Waals surface area contributed by atoms with Crippen molar-refractivity contribution in [2.45, 2.75) is 25.6 Å². The smallest absolute Gasteiger partial charge is 0.399 e. The number of nitrogens with one attached hydrogen (secondary N) is 1. The van der Waals surface area contributed by atoms with Crippen molar-refractivity contribution in [1.82, 2.24) is 0 Å². The van der Waals surface area contributed by atoms with Crippen LogP contribution in [0, 0.1) is 0 Å². The molecule has 0 saturated carbocycles. The Hall–Kier alpha value is -1.69. The van der Waals surface area contributed by atoms with E-state index < -0.39 is 11.7 Å². The third kappa shape index (κ3) is 3.66. The number of halogens is 3. The summed E-state index contributed by atoms with van der Waals surface area (Å²) in [4.78, 5) is 1.13. The van der Waals surface area contributed by atoms with E-state index in [1.54, 1.807) is 11.3 Å². The van der Waals surface area contributed by atoms with E-state index in [9.17, 15) is 13.2 Å². The van der Waals surface area contributed by atoms with E-state index in [4.69, 9.17) is 5.73 Å². The zero-order valence-electron chi connectivity index (χ0n) is 10.9. The first-order valence-electron chi connectivity index (χ1n) is 6.12. The average Bonchev–Trinajstić information content (AvgIpc) is 2.82. The first-order chi connectivity index (χ1) is 9.36. The predicted molar refractivity (Wildman–Crippen MR) is 77.0 cm³/mol. The molecule has 0 aliphatic rings. The summed E-state index contributed by atoms with van der Waals surface area (Å²) in [6.45, 7) is 1.86. The lowest BCUT2D eigenvalue weighted by molar-refractivity contribution is -0.136. The molecule has 0 spiro atoms. The fraction of sp³-hybridized carbons (Fsp3) is 0.286. The third-order valence-corrected chi connectivity index (χ3v) is 3.74. The molecule has 108 valence electrons. The first kappa shape index (κ1) is 14.7. The number of nitrogen functional groups attached to an aromatic ring is 1. The molecule has 0 aliphatic heterocycles. The van der Waals surface area contributed by atoms with Gasteiger partial charge in [-0.1, -0.05) is 6.07 Å². The molecule has 1 unspecified atom stereocenters. The summed E-state index contributed by atoms with van der Waals surface area (Å²) < 4.78 is 38.9. The van der Waals surface area contributed by atoms with E-state index in [2.05, 4.69) is 5.32 Å². The van der Waals surface area contributed by atoms with E-state index in [-0.39, 0.29) is 17.4 Å². The van der Waals surface area contributed by atoms with Crippen LogP contribution in [0.15, 0.2) is 35.7 Å². The van der Waals surface area contributed by atoms with Crippen LogP contribution < -0.4 is 11.1 Å². The summed E-state index contributed by atoms with van der Waals surface area (Å²) in [7, 11) is 0. The van der Waals surface area contributed by atoms with Gasteiger partial charge >= 0.3 is 6.18 Å². The van der Waals surface area contributed by atoms with E-state index in [0.717, 1.165) is 10.9 Å². The number of hydrogen-bond donors (Lipinski definition) is 2. The highest BCUT2D eigenvalue weighted by Crippen LogP contribution is 2.36. The second kappa shape index (κ2) is 5.75. The Kier molecular flexibility index (Phi) is 4.23. The molecule has 0 radical (unpaired) electrons. The van der Waals surface area contributed by atoms with Gasteiger partial charge in [0.1, 0.15) is 0 Å². The predicted octanol–water partition coefficient (Wildman–Crippen LogP) is 4.39. The van der Waals surface area contributed by atoms with Gasteiger partial charge in [0.05, 0.1) is 5.56 Å². The Balaban J connectivity index is 2.16. The van der Waals surface area contributed by atoms with Gasteiger partial charge in [0.15, 0.2) is 0 Å². The van der Waals surface area contributed by atoms with Crippen LogP contribution in [-0.4, -0.2) is 6.04 Å². The van der Waals surface area contributed by atoms with Gasteiger partial charge in [-0.25, -0.2) is 0 Å². The number of thiophene rings is 1. The van der Waals surface area contributed by atoms with Crippen molar-refractivity contribution in [2.75, 3.05) is 11.1 Å². The summed E-state index contributed by atoms with van der Waals surface area (Å²) in [5.74, 6) is 0. The van der Waals surface area contributed by atoms with Gasteiger partial charge in [-0.3, -0.25) is 0 Å². The van der Waals surface area contributed by atoms with E-state index in [1.807, 2.05) is 24.4 Å². The molecule has 6 heteroatoms. The number of alkyl halides is 3. The van der Waals surface area contributed by atoms with Crippen LogP contribution in [0.2, 0.25) is 0 Å². The molecule has 0 saturated heterocycles. The van der Waals surface area contributed by atoms with Crippen molar-refractivity contribution in [2.24, 2.45) is 0 Å². The maximum atomic E-state index is 13.0. The Morgan fingerprint density at radius 2 is 2.05 bits per heavy atom. The Bertz CT molecular complexity index is 564. The summed E-state index contributed by atoms with van der Waals surface area (Å²) in [5, 5.41) is 4.86. The van der Waals surface area contributed by atoms with E-state index in [0.29, 0.717) is 6.42 Å². The highest BCUT2D eigenvalue weighted by Gasteiger charge is 2.34. The maximum absolute atomic E-state index is 13.0. The van der Waals surface area contributed by atoms with Gasteiger partial charge in [0.2, 0.25) is 0 Å². The van der Waals surface area contributed by atoms with E-state index >= 15 is 0 Å². The molecule has 1 aromatic carbocycles. The standard InChI is InChI=1S/C14H15F3N2S/c1-9(7-11-3-2-6-20-11)19-13-5-4-10(18)8-12(13)14(15,16)17/h2-6,8-9,19H,7,18H2,1H3. The van der Waals surface area contributed by atoms with Crippen LogP contribution in [0.4, 0.5) is 24.5 Å². The molecule has 3 N–H and O–H groups in total. The first-order valence-corrected chi connectivity index (χ1v) is 7.00. The van der Waals surface area contributed by atoms with Gasteiger partial charge in [-0.05, 0) is 36.6 Å². The second-order valence-corrected chi connectivity index (χ2v) is 5.66. The molecule has 0 fully saturated rings. The lowest BCUT2D eigenvalue weighted by Gasteiger charge is -2.19. The Labute approximate surface area is 119 Å². The Morgan fingerprint density at radius 3 is 2.65 bits per heavy atom. The average molecular weight is 300 g/mol. The molecular formula is C14H15F3N2S. The lowest BCUT2D eigenvalue weighted by Crippen LogP contribution is -2.20. The fourth-order valence-corrected chi connectivity index (χ4v) is 2.80. The zero-order chi connectivity index (χ0) is 14.8. The van der Waals surface area contributed by atoms with Gasteiger partial charge in [0.25, 0.3) is 0 Å². The summed E-state index contributed by atoms with van der Waals surface area (Å²) in [6.07, 6.45) is -3.74. The molecule has 0 amide bonds. The van der Waals surface area contributed by atoms with Crippen LogP contribution in [0.1, 0.15) is 17.4 Å². The van der Waals surface area contributed by atoms with Crippen molar-refractivity contribution < 1.29 is 13.2 Å². The monoisotopic (exact) mass is 300 g/mol. The molecule has 1 heterocycles. The quantitative estimate of drug-likeness (QED) is 0.822. The molecular weight excluding hydrogens is 285 g/mol. The van der Waals surface area contributed by atoms with Crippen LogP contribution in [0.5, 0.6) is 0 Å². The van der Waals surface area contributed by atoms with Gasteiger partial charge < -0.3 is 11.1 Å². The minimum atomic E-state index is -4.42. The Morgan fingerprint density at radius 1 is 1.30 bits per heavy atom. The third-order valence-electron chi connectivity index (χ3n) is 2.84. The topological polar surface area (TPSA) is 38.0 Å². The molecule has 1 atom stereocenters. The van der Waals surface area contributed by atoms with Crippen molar-refractivity contribution in [3.05, 3.63) is 46.2 Å². The van der Waals surface area contributed by atoms with Crippen molar-refractivity contribution in [1.29, 1.82) is 0 Å². The van der Waals surface area contributed by atoms with Crippen molar-refractivity contribution >= 4 is 22.7 Å². The van der Waals surface area contributed by atoms with Crippen molar-refractivity contribution in [3.8, 4) is 0 Å². The summed E-state index contributed by atoms with van der Waals surface area (Å²) in [6, 6.07) is 7.60. The molecule has 0 bridgehead atoms. The van der Waals surface area contributed by atoms with E-state index in [1.165, 1.54) is 12.1 Å². The number of benzene rings is 1. The SMILES string of the molecule is CC(Cc1cccs1)Nc1ccc(N)cc1C(F)(F)F. The molecule has 2 aromatic rings. The van der Waals surface area contributed by atoms with Gasteiger partial charge in [-0.2, -0.15) is 13.2 Å². The highest BCUT2D eigenvalue weighted by atomic mass is 32.1. The minimum absolute atomic E-state index is 0.0655. The number of nitrogens with two attached hydrogens (primary N) is 1. The van der Waals surface area contributed by atoms with Gasteiger partial charge in [0, 0.05) is 28.7 Å². The second-order valence-electron chi connectivity index (χ2n) is 4.63. The number of anilines is 2. The molecule has 0 aliphatic carbocycles.